The first-order chi connectivity index (χ1) is 7.74. The molecule has 2 aromatic rings. The number of halogens is 2. The summed E-state index contributed by atoms with van der Waals surface area (Å²) in [6.07, 6.45) is 0. The molecule has 4 heteroatoms. The van der Waals surface area contributed by atoms with Gasteiger partial charge in [0, 0.05) is 9.26 Å². The molecule has 1 heterocycles. The lowest BCUT2D eigenvalue weighted by molar-refractivity contribution is 1.03. The molecule has 0 aliphatic rings. The highest BCUT2D eigenvalue weighted by atomic mass is 127. The van der Waals surface area contributed by atoms with Crippen LogP contribution in [0, 0.1) is 3.57 Å². The number of rotatable bonds is 3. The molecule has 1 N–H and O–H groups in total. The van der Waals surface area contributed by atoms with Crippen molar-refractivity contribution in [2.24, 2.45) is 0 Å². The Morgan fingerprint density at radius 1 is 1.19 bits per heavy atom. The molecule has 16 heavy (non-hydrogen) atoms. The number of hydrogen-bond acceptors (Lipinski definition) is 2. The summed E-state index contributed by atoms with van der Waals surface area (Å²) in [5, 5.41) is 3.34. The molecule has 0 amide bonds. The number of anilines is 1. The highest BCUT2D eigenvalue weighted by molar-refractivity contribution is 14.1. The largest absolute Gasteiger partial charge is 0.379 e. The second kappa shape index (κ2) is 5.63. The van der Waals surface area contributed by atoms with Gasteiger partial charge in [-0.05, 0) is 68.9 Å². The van der Waals surface area contributed by atoms with Gasteiger partial charge in [0.25, 0.3) is 0 Å². The van der Waals surface area contributed by atoms with Crippen molar-refractivity contribution >= 4 is 44.2 Å². The summed E-state index contributed by atoms with van der Waals surface area (Å²) in [5.41, 5.74) is 2.14. The fraction of sp³-hybridized carbons (Fsp3) is 0.0833. The summed E-state index contributed by atoms with van der Waals surface area (Å²) in [4.78, 5) is 4.36. The van der Waals surface area contributed by atoms with Crippen molar-refractivity contribution in [2.75, 3.05) is 5.32 Å². The van der Waals surface area contributed by atoms with E-state index in [2.05, 4.69) is 67.0 Å². The number of pyridine rings is 1. The van der Waals surface area contributed by atoms with E-state index in [1.807, 2.05) is 24.3 Å². The van der Waals surface area contributed by atoms with Crippen LogP contribution in [-0.2, 0) is 6.54 Å². The van der Waals surface area contributed by atoms with Gasteiger partial charge in [0.1, 0.15) is 4.60 Å². The molecule has 0 aliphatic carbocycles. The third-order valence-corrected chi connectivity index (χ3v) is 3.18. The van der Waals surface area contributed by atoms with Crippen LogP contribution in [-0.4, -0.2) is 4.98 Å². The van der Waals surface area contributed by atoms with Crippen molar-refractivity contribution in [3.8, 4) is 0 Å². The third-order valence-electron chi connectivity index (χ3n) is 2.07. The van der Waals surface area contributed by atoms with Gasteiger partial charge < -0.3 is 5.32 Å². The summed E-state index contributed by atoms with van der Waals surface area (Å²) in [6.45, 7) is 0.736. The summed E-state index contributed by atoms with van der Waals surface area (Å²) in [6, 6.07) is 14.2. The Morgan fingerprint density at radius 3 is 2.75 bits per heavy atom. The van der Waals surface area contributed by atoms with E-state index < -0.39 is 0 Å². The monoisotopic (exact) mass is 388 g/mol. The Bertz CT molecular complexity index is 442. The molecule has 0 saturated heterocycles. The smallest absolute Gasteiger partial charge is 0.106 e. The average molecular weight is 389 g/mol. The van der Waals surface area contributed by atoms with E-state index in [1.54, 1.807) is 0 Å². The predicted molar refractivity (Wildman–Crippen MR) is 78.4 cm³/mol. The van der Waals surface area contributed by atoms with E-state index in [0.29, 0.717) is 0 Å². The van der Waals surface area contributed by atoms with Crippen molar-refractivity contribution in [1.82, 2.24) is 4.98 Å². The van der Waals surface area contributed by atoms with E-state index >= 15 is 0 Å². The van der Waals surface area contributed by atoms with Gasteiger partial charge >= 0.3 is 0 Å². The van der Waals surface area contributed by atoms with Crippen molar-refractivity contribution in [3.05, 3.63) is 56.3 Å². The molecule has 0 atom stereocenters. The molecule has 1 aromatic carbocycles. The van der Waals surface area contributed by atoms with Crippen molar-refractivity contribution < 1.29 is 0 Å². The standard InChI is InChI=1S/C12H10BrIN2/c13-12-6-2-5-11(16-12)8-15-10-4-1-3-9(14)7-10/h1-7,15H,8H2. The van der Waals surface area contributed by atoms with Crippen LogP contribution in [0.1, 0.15) is 5.69 Å². The highest BCUT2D eigenvalue weighted by Gasteiger charge is 1.96. The van der Waals surface area contributed by atoms with Crippen LogP contribution < -0.4 is 5.32 Å². The summed E-state index contributed by atoms with van der Waals surface area (Å²) in [5.74, 6) is 0. The van der Waals surface area contributed by atoms with Crippen molar-refractivity contribution in [3.63, 3.8) is 0 Å². The molecule has 0 saturated carbocycles. The molecule has 0 spiro atoms. The zero-order valence-electron chi connectivity index (χ0n) is 8.45. The molecule has 0 aliphatic heterocycles. The van der Waals surface area contributed by atoms with E-state index in [9.17, 15) is 0 Å². The Morgan fingerprint density at radius 2 is 2.00 bits per heavy atom. The minimum atomic E-state index is 0.736. The zero-order valence-corrected chi connectivity index (χ0v) is 12.2. The molecule has 2 nitrogen and oxygen atoms in total. The Hall–Kier alpha value is -0.620. The first-order valence-electron chi connectivity index (χ1n) is 4.85. The second-order valence-corrected chi connectivity index (χ2v) is 5.37. The molecule has 0 radical (unpaired) electrons. The van der Waals surface area contributed by atoms with E-state index in [-0.39, 0.29) is 0 Å². The number of hydrogen-bond donors (Lipinski definition) is 1. The summed E-state index contributed by atoms with van der Waals surface area (Å²) >= 11 is 5.66. The van der Waals surface area contributed by atoms with E-state index in [4.69, 9.17) is 0 Å². The van der Waals surface area contributed by atoms with Crippen LogP contribution in [0.3, 0.4) is 0 Å². The minimum absolute atomic E-state index is 0.736. The first kappa shape index (κ1) is 11.9. The fourth-order valence-electron chi connectivity index (χ4n) is 1.34. The Kier molecular flexibility index (Phi) is 4.17. The summed E-state index contributed by atoms with van der Waals surface area (Å²) < 4.78 is 2.10. The lowest BCUT2D eigenvalue weighted by atomic mass is 10.3. The minimum Gasteiger partial charge on any atom is -0.379 e. The van der Waals surface area contributed by atoms with Crippen molar-refractivity contribution in [2.45, 2.75) is 6.54 Å². The van der Waals surface area contributed by atoms with Gasteiger partial charge in [-0.3, -0.25) is 0 Å². The van der Waals surface area contributed by atoms with Crippen LogP contribution in [0.4, 0.5) is 5.69 Å². The van der Waals surface area contributed by atoms with Crippen LogP contribution >= 0.6 is 38.5 Å². The Labute approximate surface area is 117 Å². The number of nitrogens with one attached hydrogen (secondary N) is 1. The normalized spacial score (nSPS) is 10.1. The van der Waals surface area contributed by atoms with Gasteiger partial charge in [0.15, 0.2) is 0 Å². The molecule has 1 aromatic heterocycles. The topological polar surface area (TPSA) is 24.9 Å². The molecule has 0 fully saturated rings. The lowest BCUT2D eigenvalue weighted by Gasteiger charge is -2.06. The summed E-state index contributed by atoms with van der Waals surface area (Å²) in [7, 11) is 0. The van der Waals surface area contributed by atoms with Gasteiger partial charge in [-0.15, -0.1) is 0 Å². The maximum Gasteiger partial charge on any atom is 0.106 e. The van der Waals surface area contributed by atoms with Crippen LogP contribution in [0.15, 0.2) is 47.1 Å². The number of nitrogens with zero attached hydrogens (tertiary/aromatic N) is 1. The van der Waals surface area contributed by atoms with Crippen LogP contribution in [0.25, 0.3) is 0 Å². The molecule has 0 unspecified atom stereocenters. The molecular weight excluding hydrogens is 379 g/mol. The number of aromatic nitrogens is 1. The molecule has 82 valence electrons. The van der Waals surface area contributed by atoms with Gasteiger partial charge in [0.05, 0.1) is 12.2 Å². The third kappa shape index (κ3) is 3.45. The van der Waals surface area contributed by atoms with Crippen LogP contribution in [0.2, 0.25) is 0 Å². The van der Waals surface area contributed by atoms with Crippen molar-refractivity contribution in [1.29, 1.82) is 0 Å². The van der Waals surface area contributed by atoms with E-state index in [1.165, 1.54) is 3.57 Å². The highest BCUT2D eigenvalue weighted by Crippen LogP contribution is 2.13. The fourth-order valence-corrected chi connectivity index (χ4v) is 2.26. The van der Waals surface area contributed by atoms with Gasteiger partial charge in [-0.1, -0.05) is 12.1 Å². The second-order valence-electron chi connectivity index (χ2n) is 3.32. The zero-order chi connectivity index (χ0) is 11.4. The van der Waals surface area contributed by atoms with Gasteiger partial charge in [0.2, 0.25) is 0 Å². The SMILES string of the molecule is Brc1cccc(CNc2cccc(I)c2)n1. The maximum atomic E-state index is 4.36. The molecule has 2 rings (SSSR count). The number of benzene rings is 1. The van der Waals surface area contributed by atoms with Crippen LogP contribution in [0.5, 0.6) is 0 Å². The first-order valence-corrected chi connectivity index (χ1v) is 6.72. The average Bonchev–Trinajstić information content (AvgIpc) is 2.27. The predicted octanol–water partition coefficient (Wildman–Crippen LogP) is 4.06. The lowest BCUT2D eigenvalue weighted by Crippen LogP contribution is -2.01. The quantitative estimate of drug-likeness (QED) is 0.633. The maximum absolute atomic E-state index is 4.36. The Balaban J connectivity index is 2.02. The van der Waals surface area contributed by atoms with E-state index in [0.717, 1.165) is 22.5 Å². The molecular formula is C12H10BrIN2. The molecule has 0 bridgehead atoms. The van der Waals surface area contributed by atoms with Gasteiger partial charge in [-0.25, -0.2) is 4.98 Å². The van der Waals surface area contributed by atoms with Gasteiger partial charge in [-0.2, -0.15) is 0 Å².